The minimum atomic E-state index is -1.57. The van der Waals surface area contributed by atoms with Gasteiger partial charge in [-0.05, 0) is 32.3 Å². The summed E-state index contributed by atoms with van der Waals surface area (Å²) in [5.41, 5.74) is 0.508. The van der Waals surface area contributed by atoms with Crippen LogP contribution in [0.5, 0.6) is 0 Å². The fraction of sp³-hybridized carbons (Fsp3) is 0.750. The van der Waals surface area contributed by atoms with Crippen LogP contribution in [0.3, 0.4) is 0 Å². The smallest absolute Gasteiger partial charge is 0.311 e. The highest BCUT2D eigenvalue weighted by Crippen LogP contribution is 2.45. The van der Waals surface area contributed by atoms with E-state index in [1.165, 1.54) is 0 Å². The quantitative estimate of drug-likeness (QED) is 0.351. The highest BCUT2D eigenvalue weighted by molar-refractivity contribution is 5.72. The predicted molar refractivity (Wildman–Crippen MR) is 98.4 cm³/mol. The number of hydrogen-bond donors (Lipinski definition) is 5. The Balaban J connectivity index is 1.46. The average Bonchev–Trinajstić information content (AvgIpc) is 3.03. The molecule has 5 N–H and O–H groups in total. The van der Waals surface area contributed by atoms with Gasteiger partial charge in [-0.25, -0.2) is 0 Å². The summed E-state index contributed by atoms with van der Waals surface area (Å²) in [5, 5.41) is 50.4. The molecule has 30 heavy (non-hydrogen) atoms. The summed E-state index contributed by atoms with van der Waals surface area (Å²) in [6.07, 6.45) is -7.26. The molecule has 4 rings (SSSR count). The van der Waals surface area contributed by atoms with Gasteiger partial charge < -0.3 is 44.5 Å². The largest absolute Gasteiger partial charge is 0.488 e. The van der Waals surface area contributed by atoms with Crippen LogP contribution in [-0.2, 0) is 23.7 Å². The van der Waals surface area contributed by atoms with Crippen LogP contribution in [0.1, 0.15) is 39.5 Å². The van der Waals surface area contributed by atoms with Gasteiger partial charge >= 0.3 is 5.97 Å². The highest BCUT2D eigenvalue weighted by Gasteiger charge is 2.51. The average molecular weight is 428 g/mol. The van der Waals surface area contributed by atoms with E-state index in [-0.39, 0.29) is 12.4 Å². The maximum atomic E-state index is 11.6. The molecule has 3 aliphatic heterocycles. The molecule has 0 radical (unpaired) electrons. The Kier molecular flexibility index (Phi) is 5.69. The summed E-state index contributed by atoms with van der Waals surface area (Å²) < 4.78 is 22.6. The minimum Gasteiger partial charge on any atom is -0.488 e. The van der Waals surface area contributed by atoms with Crippen LogP contribution >= 0.6 is 0 Å². The number of aliphatic hydroxyl groups is 5. The van der Waals surface area contributed by atoms with Crippen LogP contribution in [-0.4, -0.2) is 86.6 Å². The summed E-state index contributed by atoms with van der Waals surface area (Å²) in [6.45, 7) is 2.72. The van der Waals surface area contributed by atoms with Gasteiger partial charge in [0.2, 0.25) is 0 Å². The molecule has 0 unspecified atom stereocenters. The van der Waals surface area contributed by atoms with Crippen molar-refractivity contribution in [2.45, 2.75) is 88.0 Å². The van der Waals surface area contributed by atoms with Crippen LogP contribution in [0.2, 0.25) is 0 Å². The SMILES string of the molecule is CC(C)(O[C@@H]1O[C@H](CO)[C@@H](O)[C@H](O)[C@H]1O)[C@@H]1OC2=C(CC3=C(C2)OC(=O)CC3)[C@H]1O. The van der Waals surface area contributed by atoms with Crippen LogP contribution in [0.15, 0.2) is 22.7 Å². The van der Waals surface area contributed by atoms with Gasteiger partial charge in [0.15, 0.2) is 12.4 Å². The standard InChI is InChI=1S/C20H28O10/c1-20(2,30-19-17(26)16(25)15(24)12(7-21)29-19)18-14(23)9-5-8-3-4-13(22)27-10(8)6-11(9)28-18/h12,14-19,21,23-26H,3-7H2,1-2H3/t12-,14-,15-,16+,17-,18-,19+/m1/s1. The Bertz CT molecular complexity index is 770. The van der Waals surface area contributed by atoms with E-state index in [0.717, 1.165) is 5.57 Å². The summed E-state index contributed by atoms with van der Waals surface area (Å²) in [4.78, 5) is 11.6. The molecule has 4 aliphatic rings. The Morgan fingerprint density at radius 3 is 2.47 bits per heavy atom. The van der Waals surface area contributed by atoms with Gasteiger partial charge in [-0.1, -0.05) is 0 Å². The van der Waals surface area contributed by atoms with Crippen molar-refractivity contribution in [1.29, 1.82) is 0 Å². The van der Waals surface area contributed by atoms with E-state index in [1.807, 2.05) is 0 Å². The number of hydrogen-bond acceptors (Lipinski definition) is 10. The molecular formula is C20H28O10. The van der Waals surface area contributed by atoms with Crippen molar-refractivity contribution in [2.75, 3.05) is 6.61 Å². The highest BCUT2D eigenvalue weighted by atomic mass is 16.7. The first kappa shape index (κ1) is 21.7. The van der Waals surface area contributed by atoms with E-state index in [0.29, 0.717) is 36.4 Å². The molecule has 0 bridgehead atoms. The summed E-state index contributed by atoms with van der Waals surface area (Å²) in [6, 6.07) is 0. The fourth-order valence-corrected chi connectivity index (χ4v) is 4.43. The second-order valence-corrected chi connectivity index (χ2v) is 8.70. The fourth-order valence-electron chi connectivity index (χ4n) is 4.43. The number of ether oxygens (including phenoxy) is 4. The molecule has 1 fully saturated rings. The van der Waals surface area contributed by atoms with E-state index in [2.05, 4.69) is 0 Å². The van der Waals surface area contributed by atoms with E-state index in [1.54, 1.807) is 13.8 Å². The third-order valence-corrected chi connectivity index (χ3v) is 6.21. The molecule has 0 spiro atoms. The molecule has 10 heteroatoms. The van der Waals surface area contributed by atoms with E-state index in [9.17, 15) is 30.3 Å². The van der Waals surface area contributed by atoms with Gasteiger partial charge in [-0.15, -0.1) is 0 Å². The molecule has 3 heterocycles. The summed E-state index contributed by atoms with van der Waals surface area (Å²) in [5.74, 6) is 0.830. The molecule has 0 saturated carbocycles. The zero-order valence-corrected chi connectivity index (χ0v) is 16.9. The van der Waals surface area contributed by atoms with Gasteiger partial charge in [-0.2, -0.15) is 0 Å². The lowest BCUT2D eigenvalue weighted by Gasteiger charge is -2.44. The third-order valence-electron chi connectivity index (χ3n) is 6.21. The van der Waals surface area contributed by atoms with Gasteiger partial charge in [0.05, 0.1) is 13.0 Å². The molecule has 0 amide bonds. The monoisotopic (exact) mass is 428 g/mol. The third kappa shape index (κ3) is 3.66. The van der Waals surface area contributed by atoms with Gasteiger partial charge in [0.1, 0.15) is 47.6 Å². The molecule has 0 aromatic carbocycles. The molecule has 0 aromatic rings. The second-order valence-electron chi connectivity index (χ2n) is 8.70. The molecule has 1 saturated heterocycles. The number of aliphatic hydroxyl groups excluding tert-OH is 5. The molecule has 10 nitrogen and oxygen atoms in total. The zero-order chi connectivity index (χ0) is 21.8. The van der Waals surface area contributed by atoms with Crippen molar-refractivity contribution in [3.8, 4) is 0 Å². The lowest BCUT2D eigenvalue weighted by Crippen LogP contribution is -2.61. The molecular weight excluding hydrogens is 400 g/mol. The van der Waals surface area contributed by atoms with E-state index in [4.69, 9.17) is 18.9 Å². The molecule has 0 aromatic heterocycles. The van der Waals surface area contributed by atoms with Crippen molar-refractivity contribution in [3.63, 3.8) is 0 Å². The maximum Gasteiger partial charge on any atom is 0.311 e. The van der Waals surface area contributed by atoms with Crippen LogP contribution in [0.25, 0.3) is 0 Å². The van der Waals surface area contributed by atoms with Crippen LogP contribution < -0.4 is 0 Å². The number of allylic oxidation sites excluding steroid dienone is 1. The van der Waals surface area contributed by atoms with Crippen molar-refractivity contribution in [3.05, 3.63) is 22.7 Å². The summed E-state index contributed by atoms with van der Waals surface area (Å²) >= 11 is 0. The first-order chi connectivity index (χ1) is 14.1. The lowest BCUT2D eigenvalue weighted by molar-refractivity contribution is -0.333. The van der Waals surface area contributed by atoms with Gasteiger partial charge in [-0.3, -0.25) is 4.79 Å². The Labute approximate surface area is 173 Å². The van der Waals surface area contributed by atoms with E-state index >= 15 is 0 Å². The molecule has 1 aliphatic carbocycles. The predicted octanol–water partition coefficient (Wildman–Crippen LogP) is -1.02. The van der Waals surface area contributed by atoms with Crippen molar-refractivity contribution >= 4 is 5.97 Å². The van der Waals surface area contributed by atoms with Gasteiger partial charge in [0.25, 0.3) is 0 Å². The zero-order valence-electron chi connectivity index (χ0n) is 16.9. The number of carbonyl (C=O) groups excluding carboxylic acids is 1. The van der Waals surface area contributed by atoms with Gasteiger partial charge in [0, 0.05) is 12.0 Å². The maximum absolute atomic E-state index is 11.6. The number of carbonyl (C=O) groups is 1. The Hall–Kier alpha value is -1.53. The van der Waals surface area contributed by atoms with Crippen LogP contribution in [0, 0.1) is 0 Å². The van der Waals surface area contributed by atoms with E-state index < -0.39 is 55.1 Å². The van der Waals surface area contributed by atoms with Crippen LogP contribution in [0.4, 0.5) is 0 Å². The number of esters is 1. The topological polar surface area (TPSA) is 155 Å². The molecule has 7 atom stereocenters. The minimum absolute atomic E-state index is 0.278. The van der Waals surface area contributed by atoms with Crippen molar-refractivity contribution < 1.29 is 49.3 Å². The summed E-state index contributed by atoms with van der Waals surface area (Å²) in [7, 11) is 0. The Morgan fingerprint density at radius 2 is 1.77 bits per heavy atom. The number of rotatable bonds is 4. The molecule has 168 valence electrons. The second kappa shape index (κ2) is 7.86. The normalized spacial score (nSPS) is 39.4. The Morgan fingerprint density at radius 1 is 1.03 bits per heavy atom. The lowest BCUT2D eigenvalue weighted by atomic mass is 9.86. The first-order valence-corrected chi connectivity index (χ1v) is 10.1. The first-order valence-electron chi connectivity index (χ1n) is 10.1. The van der Waals surface area contributed by atoms with Crippen molar-refractivity contribution in [1.82, 2.24) is 0 Å². The van der Waals surface area contributed by atoms with Crippen molar-refractivity contribution in [2.24, 2.45) is 0 Å².